The molecule has 0 aliphatic heterocycles. The molecule has 0 saturated heterocycles. The summed E-state index contributed by atoms with van der Waals surface area (Å²) in [5.41, 5.74) is -0.871. The van der Waals surface area contributed by atoms with Gasteiger partial charge in [0.15, 0.2) is 6.61 Å². The van der Waals surface area contributed by atoms with Gasteiger partial charge in [0.1, 0.15) is 5.60 Å². The smallest absolute Gasteiger partial charge is 0.344 e. The second-order valence-electron chi connectivity index (χ2n) is 5.59. The first-order chi connectivity index (χ1) is 7.79. The molecule has 0 aromatic rings. The van der Waals surface area contributed by atoms with E-state index in [1.807, 2.05) is 13.8 Å². The average Bonchev–Trinajstić information content (AvgIpc) is 2.23. The SMILES string of the molecule is CCC(C)(C)C(=O)OCC(=O)OC1(C)CCC1. The molecule has 0 atom stereocenters. The van der Waals surface area contributed by atoms with Crippen molar-refractivity contribution in [2.45, 2.75) is 59.0 Å². The van der Waals surface area contributed by atoms with E-state index in [0.29, 0.717) is 6.42 Å². The predicted molar refractivity (Wildman–Crippen MR) is 63.4 cm³/mol. The van der Waals surface area contributed by atoms with E-state index in [-0.39, 0.29) is 18.2 Å². The zero-order chi connectivity index (χ0) is 13.1. The fourth-order valence-corrected chi connectivity index (χ4v) is 1.55. The summed E-state index contributed by atoms with van der Waals surface area (Å²) in [5, 5.41) is 0. The van der Waals surface area contributed by atoms with E-state index in [2.05, 4.69) is 0 Å². The van der Waals surface area contributed by atoms with Crippen molar-refractivity contribution in [3.8, 4) is 0 Å². The minimum atomic E-state index is -0.541. The Morgan fingerprint density at radius 3 is 2.29 bits per heavy atom. The zero-order valence-corrected chi connectivity index (χ0v) is 11.2. The van der Waals surface area contributed by atoms with Crippen LogP contribution in [0.3, 0.4) is 0 Å². The largest absolute Gasteiger partial charge is 0.457 e. The molecule has 1 rings (SSSR count). The highest BCUT2D eigenvalue weighted by molar-refractivity contribution is 5.79. The van der Waals surface area contributed by atoms with Crippen molar-refractivity contribution in [1.29, 1.82) is 0 Å². The van der Waals surface area contributed by atoms with Gasteiger partial charge in [0.05, 0.1) is 5.41 Å². The van der Waals surface area contributed by atoms with E-state index >= 15 is 0 Å². The molecule has 98 valence electrons. The molecular formula is C13H22O4. The minimum Gasteiger partial charge on any atom is -0.457 e. The van der Waals surface area contributed by atoms with Gasteiger partial charge in [-0.2, -0.15) is 0 Å². The third-order valence-electron chi connectivity index (χ3n) is 3.53. The monoisotopic (exact) mass is 242 g/mol. The van der Waals surface area contributed by atoms with Crippen LogP contribution in [0.5, 0.6) is 0 Å². The molecule has 0 aromatic heterocycles. The molecule has 1 saturated carbocycles. The molecule has 1 aliphatic carbocycles. The molecule has 0 spiro atoms. The Morgan fingerprint density at radius 1 is 1.29 bits per heavy atom. The summed E-state index contributed by atoms with van der Waals surface area (Å²) in [5.74, 6) is -0.803. The molecule has 0 heterocycles. The summed E-state index contributed by atoms with van der Waals surface area (Å²) in [6.07, 6.45) is 3.56. The lowest BCUT2D eigenvalue weighted by atomic mass is 9.82. The van der Waals surface area contributed by atoms with E-state index in [4.69, 9.17) is 9.47 Å². The van der Waals surface area contributed by atoms with Crippen molar-refractivity contribution in [3.63, 3.8) is 0 Å². The van der Waals surface area contributed by atoms with Gasteiger partial charge < -0.3 is 9.47 Å². The Kier molecular flexibility index (Phi) is 4.17. The van der Waals surface area contributed by atoms with E-state index in [1.165, 1.54) is 0 Å². The van der Waals surface area contributed by atoms with Crippen molar-refractivity contribution < 1.29 is 19.1 Å². The van der Waals surface area contributed by atoms with Gasteiger partial charge in [-0.3, -0.25) is 4.79 Å². The highest BCUT2D eigenvalue weighted by Crippen LogP contribution is 2.34. The lowest BCUT2D eigenvalue weighted by molar-refractivity contribution is -0.178. The molecular weight excluding hydrogens is 220 g/mol. The molecule has 1 fully saturated rings. The summed E-state index contributed by atoms with van der Waals surface area (Å²) in [6, 6.07) is 0. The summed E-state index contributed by atoms with van der Waals surface area (Å²) in [6.45, 7) is 7.14. The zero-order valence-electron chi connectivity index (χ0n) is 11.2. The molecule has 0 aromatic carbocycles. The Morgan fingerprint density at radius 2 is 1.88 bits per heavy atom. The maximum Gasteiger partial charge on any atom is 0.344 e. The van der Waals surface area contributed by atoms with Crippen molar-refractivity contribution in [3.05, 3.63) is 0 Å². The highest BCUT2D eigenvalue weighted by atomic mass is 16.6. The van der Waals surface area contributed by atoms with Gasteiger partial charge in [0.25, 0.3) is 0 Å². The summed E-state index contributed by atoms with van der Waals surface area (Å²) >= 11 is 0. The van der Waals surface area contributed by atoms with Gasteiger partial charge in [-0.1, -0.05) is 6.92 Å². The molecule has 4 heteroatoms. The van der Waals surface area contributed by atoms with Crippen LogP contribution in [0.25, 0.3) is 0 Å². The highest BCUT2D eigenvalue weighted by Gasteiger charge is 2.36. The Labute approximate surface area is 103 Å². The second-order valence-corrected chi connectivity index (χ2v) is 5.59. The van der Waals surface area contributed by atoms with Gasteiger partial charge in [-0.05, 0) is 46.5 Å². The average molecular weight is 242 g/mol. The second kappa shape index (κ2) is 5.07. The number of hydrogen-bond donors (Lipinski definition) is 0. The van der Waals surface area contributed by atoms with Crippen LogP contribution in [0.2, 0.25) is 0 Å². The van der Waals surface area contributed by atoms with Crippen LogP contribution in [0.15, 0.2) is 0 Å². The minimum absolute atomic E-state index is 0.280. The van der Waals surface area contributed by atoms with Crippen LogP contribution in [0, 0.1) is 5.41 Å². The quantitative estimate of drug-likeness (QED) is 0.695. The third-order valence-corrected chi connectivity index (χ3v) is 3.53. The van der Waals surface area contributed by atoms with Gasteiger partial charge in [-0.15, -0.1) is 0 Å². The molecule has 0 radical (unpaired) electrons. The van der Waals surface area contributed by atoms with E-state index < -0.39 is 11.4 Å². The van der Waals surface area contributed by atoms with Crippen molar-refractivity contribution in [2.24, 2.45) is 5.41 Å². The lowest BCUT2D eigenvalue weighted by Crippen LogP contribution is -2.40. The van der Waals surface area contributed by atoms with E-state index in [1.54, 1.807) is 13.8 Å². The molecule has 0 bridgehead atoms. The lowest BCUT2D eigenvalue weighted by Gasteiger charge is -2.37. The van der Waals surface area contributed by atoms with Gasteiger partial charge in [0, 0.05) is 0 Å². The number of carbonyl (C=O) groups is 2. The van der Waals surface area contributed by atoms with Crippen LogP contribution in [0.4, 0.5) is 0 Å². The number of esters is 2. The topological polar surface area (TPSA) is 52.6 Å². The Balaban J connectivity index is 2.31. The van der Waals surface area contributed by atoms with Crippen molar-refractivity contribution in [2.75, 3.05) is 6.61 Å². The molecule has 0 amide bonds. The number of ether oxygens (including phenoxy) is 2. The van der Waals surface area contributed by atoms with Crippen LogP contribution in [0.1, 0.15) is 53.4 Å². The van der Waals surface area contributed by atoms with Crippen LogP contribution >= 0.6 is 0 Å². The molecule has 1 aliphatic rings. The summed E-state index contributed by atoms with van der Waals surface area (Å²) < 4.78 is 10.2. The molecule has 17 heavy (non-hydrogen) atoms. The summed E-state index contributed by atoms with van der Waals surface area (Å²) in [7, 11) is 0. The molecule has 0 unspecified atom stereocenters. The van der Waals surface area contributed by atoms with Crippen LogP contribution in [-0.2, 0) is 19.1 Å². The first-order valence-corrected chi connectivity index (χ1v) is 6.18. The number of rotatable bonds is 5. The first-order valence-electron chi connectivity index (χ1n) is 6.18. The standard InChI is InChI=1S/C13H22O4/c1-5-12(2,3)11(15)16-9-10(14)17-13(4)7-6-8-13/h5-9H2,1-4H3. The van der Waals surface area contributed by atoms with Gasteiger partial charge in [-0.25, -0.2) is 4.79 Å². The molecule has 0 N–H and O–H groups in total. The maximum absolute atomic E-state index is 11.6. The fourth-order valence-electron chi connectivity index (χ4n) is 1.55. The number of hydrogen-bond acceptors (Lipinski definition) is 4. The number of carbonyl (C=O) groups excluding carboxylic acids is 2. The van der Waals surface area contributed by atoms with E-state index in [0.717, 1.165) is 19.3 Å². The van der Waals surface area contributed by atoms with Crippen molar-refractivity contribution >= 4 is 11.9 Å². The normalized spacial score (nSPS) is 18.1. The Bertz CT molecular complexity index is 303. The van der Waals surface area contributed by atoms with Crippen molar-refractivity contribution in [1.82, 2.24) is 0 Å². The van der Waals surface area contributed by atoms with Gasteiger partial charge in [0.2, 0.25) is 0 Å². The van der Waals surface area contributed by atoms with Crippen LogP contribution in [-0.4, -0.2) is 24.1 Å². The predicted octanol–water partition coefficient (Wildman–Crippen LogP) is 2.45. The third kappa shape index (κ3) is 3.72. The Hall–Kier alpha value is -1.06. The first kappa shape index (κ1) is 14.0. The molecule has 4 nitrogen and oxygen atoms in total. The summed E-state index contributed by atoms with van der Waals surface area (Å²) in [4.78, 5) is 23.1. The van der Waals surface area contributed by atoms with Gasteiger partial charge >= 0.3 is 11.9 Å². The van der Waals surface area contributed by atoms with E-state index in [9.17, 15) is 9.59 Å². The fraction of sp³-hybridized carbons (Fsp3) is 0.846. The van der Waals surface area contributed by atoms with Crippen LogP contribution < -0.4 is 0 Å². The maximum atomic E-state index is 11.6.